The largest absolute Gasteiger partial charge is 0.498 e. The SMILES string of the molecule is CCC=COC1CCC2(C)C(=CC(O)C3C2CCC2(C)C3CCC2(O)C#Cc2ccc(CN)cc2)C1. The summed E-state index contributed by atoms with van der Waals surface area (Å²) in [5.41, 5.74) is 7.86. The fourth-order valence-electron chi connectivity index (χ4n) is 8.12. The zero-order chi connectivity index (χ0) is 25.6. The molecule has 0 amide bonds. The van der Waals surface area contributed by atoms with Gasteiger partial charge in [0.1, 0.15) is 11.7 Å². The van der Waals surface area contributed by atoms with Crippen molar-refractivity contribution in [3.63, 3.8) is 0 Å². The van der Waals surface area contributed by atoms with Crippen molar-refractivity contribution in [3.05, 3.63) is 59.4 Å². The summed E-state index contributed by atoms with van der Waals surface area (Å²) in [5, 5.41) is 23.4. The lowest BCUT2D eigenvalue weighted by molar-refractivity contribution is -0.123. The third-order valence-electron chi connectivity index (χ3n) is 10.4. The average Bonchev–Trinajstić information content (AvgIpc) is 3.15. The van der Waals surface area contributed by atoms with Gasteiger partial charge < -0.3 is 20.7 Å². The van der Waals surface area contributed by atoms with Gasteiger partial charge in [-0.1, -0.05) is 62.5 Å². The number of aliphatic hydroxyl groups excluding tert-OH is 1. The normalized spacial score (nSPS) is 41.5. The molecule has 4 aliphatic rings. The van der Waals surface area contributed by atoms with Crippen molar-refractivity contribution in [2.24, 2.45) is 34.3 Å². The van der Waals surface area contributed by atoms with Crippen LogP contribution >= 0.6 is 0 Å². The Labute approximate surface area is 217 Å². The van der Waals surface area contributed by atoms with Crippen LogP contribution in [0.3, 0.4) is 0 Å². The molecule has 3 saturated carbocycles. The number of hydrogen-bond donors (Lipinski definition) is 3. The summed E-state index contributed by atoms with van der Waals surface area (Å²) in [6.07, 6.45) is 13.4. The Morgan fingerprint density at radius 2 is 1.83 bits per heavy atom. The van der Waals surface area contributed by atoms with E-state index in [2.05, 4.69) is 44.8 Å². The summed E-state index contributed by atoms with van der Waals surface area (Å²) in [6, 6.07) is 7.98. The molecule has 4 aliphatic carbocycles. The number of rotatable bonds is 4. The summed E-state index contributed by atoms with van der Waals surface area (Å²) in [5.74, 6) is 7.46. The lowest BCUT2D eigenvalue weighted by Gasteiger charge is -2.59. The van der Waals surface area contributed by atoms with Gasteiger partial charge in [-0.05, 0) is 85.8 Å². The Morgan fingerprint density at radius 1 is 1.08 bits per heavy atom. The van der Waals surface area contributed by atoms with Gasteiger partial charge in [-0.15, -0.1) is 0 Å². The summed E-state index contributed by atoms with van der Waals surface area (Å²) in [4.78, 5) is 0. The summed E-state index contributed by atoms with van der Waals surface area (Å²) in [6.45, 7) is 7.28. The molecule has 0 aromatic heterocycles. The van der Waals surface area contributed by atoms with Crippen LogP contribution in [0.4, 0.5) is 0 Å². The maximum atomic E-state index is 11.9. The third kappa shape index (κ3) is 4.14. The Hall–Kier alpha value is -2.06. The predicted molar refractivity (Wildman–Crippen MR) is 144 cm³/mol. The lowest BCUT2D eigenvalue weighted by Crippen LogP contribution is -2.57. The van der Waals surface area contributed by atoms with Crippen molar-refractivity contribution in [3.8, 4) is 11.8 Å². The second-order valence-corrected chi connectivity index (χ2v) is 12.2. The van der Waals surface area contributed by atoms with Gasteiger partial charge in [-0.2, -0.15) is 0 Å². The maximum Gasteiger partial charge on any atom is 0.131 e. The minimum atomic E-state index is -1.03. The quantitative estimate of drug-likeness (QED) is 0.298. The molecule has 4 heteroatoms. The van der Waals surface area contributed by atoms with Gasteiger partial charge in [0, 0.05) is 23.9 Å². The highest BCUT2D eigenvalue weighted by molar-refractivity contribution is 5.40. The van der Waals surface area contributed by atoms with E-state index in [1.807, 2.05) is 30.5 Å². The van der Waals surface area contributed by atoms with Gasteiger partial charge in [0.2, 0.25) is 0 Å². The zero-order valence-corrected chi connectivity index (χ0v) is 22.2. The van der Waals surface area contributed by atoms with Gasteiger partial charge in [-0.25, -0.2) is 0 Å². The molecular weight excluding hydrogens is 446 g/mol. The molecule has 0 bridgehead atoms. The van der Waals surface area contributed by atoms with Crippen molar-refractivity contribution >= 4 is 0 Å². The van der Waals surface area contributed by atoms with Gasteiger partial charge in [-0.3, -0.25) is 0 Å². The van der Waals surface area contributed by atoms with Crippen molar-refractivity contribution in [2.45, 2.75) is 96.5 Å². The van der Waals surface area contributed by atoms with Crippen LogP contribution in [0.25, 0.3) is 0 Å². The van der Waals surface area contributed by atoms with Crippen molar-refractivity contribution < 1.29 is 14.9 Å². The number of allylic oxidation sites excluding steroid dienone is 1. The molecule has 36 heavy (non-hydrogen) atoms. The Balaban J connectivity index is 1.38. The van der Waals surface area contributed by atoms with E-state index in [0.29, 0.717) is 18.9 Å². The topological polar surface area (TPSA) is 75.7 Å². The summed E-state index contributed by atoms with van der Waals surface area (Å²) in [7, 11) is 0. The molecule has 1 aromatic rings. The average molecular weight is 490 g/mol. The van der Waals surface area contributed by atoms with E-state index < -0.39 is 11.7 Å². The van der Waals surface area contributed by atoms with Crippen LogP contribution < -0.4 is 5.73 Å². The van der Waals surface area contributed by atoms with Crippen LogP contribution in [0.2, 0.25) is 0 Å². The Bertz CT molecular complexity index is 1080. The van der Waals surface area contributed by atoms with Crippen molar-refractivity contribution in [2.75, 3.05) is 0 Å². The van der Waals surface area contributed by atoms with E-state index >= 15 is 0 Å². The van der Waals surface area contributed by atoms with Crippen LogP contribution in [0.1, 0.15) is 83.3 Å². The van der Waals surface area contributed by atoms with Crippen molar-refractivity contribution in [1.82, 2.24) is 0 Å². The zero-order valence-electron chi connectivity index (χ0n) is 22.2. The monoisotopic (exact) mass is 489 g/mol. The first-order valence-corrected chi connectivity index (χ1v) is 14.0. The van der Waals surface area contributed by atoms with Crippen LogP contribution in [-0.2, 0) is 11.3 Å². The molecule has 3 fully saturated rings. The van der Waals surface area contributed by atoms with E-state index in [4.69, 9.17) is 10.5 Å². The molecule has 0 saturated heterocycles. The molecule has 0 radical (unpaired) electrons. The molecule has 8 unspecified atom stereocenters. The Kier molecular flexibility index (Phi) is 6.87. The maximum absolute atomic E-state index is 11.9. The highest BCUT2D eigenvalue weighted by Gasteiger charge is 2.65. The second kappa shape index (κ2) is 9.67. The molecule has 0 aliphatic heterocycles. The number of fused-ring (bicyclic) bond motifs is 5. The van der Waals surface area contributed by atoms with Gasteiger partial charge >= 0.3 is 0 Å². The predicted octanol–water partition coefficient (Wildman–Crippen LogP) is 5.47. The van der Waals surface area contributed by atoms with E-state index in [1.54, 1.807) is 0 Å². The van der Waals surface area contributed by atoms with E-state index in [0.717, 1.165) is 56.1 Å². The molecule has 8 atom stereocenters. The molecule has 5 rings (SSSR count). The minimum absolute atomic E-state index is 0.108. The number of nitrogens with two attached hydrogens (primary N) is 1. The first-order chi connectivity index (χ1) is 17.2. The van der Waals surface area contributed by atoms with Gasteiger partial charge in [0.25, 0.3) is 0 Å². The van der Waals surface area contributed by atoms with E-state index in [1.165, 1.54) is 5.57 Å². The van der Waals surface area contributed by atoms with Gasteiger partial charge in [0.15, 0.2) is 0 Å². The number of aliphatic hydroxyl groups is 2. The molecule has 4 nitrogen and oxygen atoms in total. The van der Waals surface area contributed by atoms with Crippen LogP contribution in [0.5, 0.6) is 0 Å². The van der Waals surface area contributed by atoms with Crippen LogP contribution in [0.15, 0.2) is 48.3 Å². The summed E-state index contributed by atoms with van der Waals surface area (Å²) < 4.78 is 6.02. The first kappa shape index (κ1) is 25.6. The highest BCUT2D eigenvalue weighted by atomic mass is 16.5. The third-order valence-corrected chi connectivity index (χ3v) is 10.4. The van der Waals surface area contributed by atoms with E-state index in [-0.39, 0.29) is 28.8 Å². The summed E-state index contributed by atoms with van der Waals surface area (Å²) >= 11 is 0. The molecule has 0 spiro atoms. The lowest BCUT2D eigenvalue weighted by atomic mass is 9.46. The molecular formula is C32H43NO3. The van der Waals surface area contributed by atoms with Gasteiger partial charge in [0.05, 0.1) is 12.4 Å². The second-order valence-electron chi connectivity index (χ2n) is 12.2. The highest BCUT2D eigenvalue weighted by Crippen LogP contribution is 2.67. The van der Waals surface area contributed by atoms with Crippen LogP contribution in [-0.4, -0.2) is 28.0 Å². The standard InChI is InChI=1S/C32H43NO3/c1-4-5-18-36-25-11-14-30(2)24(19-25)20-28(34)29-26(30)12-15-31(3)27(29)13-17-32(31,35)16-10-22-6-8-23(21-33)9-7-22/h5-9,18,20,25-29,34-35H,4,11-15,17,19,21,33H2,1-3H3. The minimum Gasteiger partial charge on any atom is -0.498 e. The first-order valence-electron chi connectivity index (χ1n) is 14.0. The molecule has 194 valence electrons. The van der Waals surface area contributed by atoms with Crippen LogP contribution in [0, 0.1) is 40.4 Å². The molecule has 1 aromatic carbocycles. The fourth-order valence-corrected chi connectivity index (χ4v) is 8.12. The molecule has 0 heterocycles. The molecule has 4 N–H and O–H groups in total. The Morgan fingerprint density at radius 3 is 2.56 bits per heavy atom. The smallest absolute Gasteiger partial charge is 0.131 e. The van der Waals surface area contributed by atoms with E-state index in [9.17, 15) is 10.2 Å². The number of ether oxygens (including phenoxy) is 1. The number of hydrogen-bond acceptors (Lipinski definition) is 4. The number of benzene rings is 1. The van der Waals surface area contributed by atoms with Crippen molar-refractivity contribution in [1.29, 1.82) is 0 Å². The fraction of sp³-hybridized carbons (Fsp3) is 0.625.